The van der Waals surface area contributed by atoms with Gasteiger partial charge in [-0.2, -0.15) is 13.2 Å². The summed E-state index contributed by atoms with van der Waals surface area (Å²) in [5.41, 5.74) is 2.89. The number of nitrogens with one attached hydrogen (secondary N) is 1. The van der Waals surface area contributed by atoms with Gasteiger partial charge in [0, 0.05) is 6.54 Å². The summed E-state index contributed by atoms with van der Waals surface area (Å²) in [7, 11) is 1.84. The van der Waals surface area contributed by atoms with Gasteiger partial charge in [-0.3, -0.25) is 0 Å². The number of hydrogen-bond acceptors (Lipinski definition) is 1. The van der Waals surface area contributed by atoms with Crippen LogP contribution in [0.15, 0.2) is 42.5 Å². The van der Waals surface area contributed by atoms with Crippen molar-refractivity contribution in [2.75, 3.05) is 7.05 Å². The molecule has 1 nitrogen and oxygen atoms in total. The Balaban J connectivity index is 2.49. The summed E-state index contributed by atoms with van der Waals surface area (Å²) in [6.07, 6.45) is -4.30. The quantitative estimate of drug-likeness (QED) is 0.878. The molecule has 2 aromatic carbocycles. The van der Waals surface area contributed by atoms with Crippen LogP contribution in [0.2, 0.25) is 0 Å². The molecule has 0 unspecified atom stereocenters. The molecule has 0 aromatic heterocycles. The predicted octanol–water partition coefficient (Wildman–Crippen LogP) is 4.40. The average Bonchev–Trinajstić information content (AvgIpc) is 2.39. The van der Waals surface area contributed by atoms with Gasteiger partial charge in [0.1, 0.15) is 0 Å². The smallest absolute Gasteiger partial charge is 0.316 e. The lowest BCUT2D eigenvalue weighted by Crippen LogP contribution is -2.07. The van der Waals surface area contributed by atoms with Crippen LogP contribution in [0.4, 0.5) is 13.2 Å². The molecule has 0 heterocycles. The summed E-state index contributed by atoms with van der Waals surface area (Å²) in [6.45, 7) is 2.39. The fraction of sp³-hybridized carbons (Fsp3) is 0.250. The van der Waals surface area contributed by atoms with Gasteiger partial charge in [-0.05, 0) is 48.4 Å². The lowest BCUT2D eigenvalue weighted by atomic mass is 9.94. The fourth-order valence-corrected chi connectivity index (χ4v) is 2.27. The first-order valence-electron chi connectivity index (χ1n) is 6.34. The van der Waals surface area contributed by atoms with Gasteiger partial charge in [0.25, 0.3) is 0 Å². The summed E-state index contributed by atoms with van der Waals surface area (Å²) in [5.74, 6) is 0. The molecular weight excluding hydrogens is 263 g/mol. The van der Waals surface area contributed by atoms with E-state index in [-0.39, 0.29) is 0 Å². The van der Waals surface area contributed by atoms with E-state index in [2.05, 4.69) is 5.32 Å². The summed E-state index contributed by atoms with van der Waals surface area (Å²) in [6, 6.07) is 11.6. The van der Waals surface area contributed by atoms with Crippen molar-refractivity contribution in [2.24, 2.45) is 0 Å². The number of alkyl halides is 3. The first kappa shape index (κ1) is 14.6. The van der Waals surface area contributed by atoms with Crippen molar-refractivity contribution in [3.05, 3.63) is 59.2 Å². The van der Waals surface area contributed by atoms with E-state index in [9.17, 15) is 13.2 Å². The van der Waals surface area contributed by atoms with Crippen molar-refractivity contribution in [3.8, 4) is 11.1 Å². The first-order chi connectivity index (χ1) is 9.43. The second-order valence-electron chi connectivity index (χ2n) is 4.71. The van der Waals surface area contributed by atoms with Crippen LogP contribution >= 0.6 is 0 Å². The van der Waals surface area contributed by atoms with E-state index in [1.807, 2.05) is 31.3 Å². The van der Waals surface area contributed by atoms with Crippen LogP contribution in [-0.2, 0) is 12.7 Å². The molecule has 2 aromatic rings. The molecule has 0 atom stereocenters. The van der Waals surface area contributed by atoms with E-state index in [4.69, 9.17) is 0 Å². The highest BCUT2D eigenvalue weighted by Crippen LogP contribution is 2.34. The molecule has 0 spiro atoms. The van der Waals surface area contributed by atoms with Gasteiger partial charge < -0.3 is 5.32 Å². The van der Waals surface area contributed by atoms with Crippen LogP contribution in [0, 0.1) is 6.92 Å². The Morgan fingerprint density at radius 1 is 1.00 bits per heavy atom. The number of benzene rings is 2. The average molecular weight is 279 g/mol. The molecule has 4 heteroatoms. The van der Waals surface area contributed by atoms with Crippen LogP contribution in [0.1, 0.15) is 16.7 Å². The normalized spacial score (nSPS) is 11.7. The Morgan fingerprint density at radius 3 is 2.30 bits per heavy atom. The summed E-state index contributed by atoms with van der Waals surface area (Å²) < 4.78 is 38.1. The molecule has 0 aliphatic carbocycles. The highest BCUT2D eigenvalue weighted by Gasteiger charge is 2.30. The minimum Gasteiger partial charge on any atom is -0.316 e. The minimum absolute atomic E-state index is 0.607. The molecule has 0 amide bonds. The molecule has 106 valence electrons. The third-order valence-corrected chi connectivity index (χ3v) is 3.23. The van der Waals surface area contributed by atoms with Gasteiger partial charge in [0.2, 0.25) is 0 Å². The van der Waals surface area contributed by atoms with Crippen LogP contribution in [-0.4, -0.2) is 7.05 Å². The Morgan fingerprint density at radius 2 is 1.70 bits per heavy atom. The Kier molecular flexibility index (Phi) is 4.14. The molecule has 0 fully saturated rings. The zero-order valence-electron chi connectivity index (χ0n) is 11.4. The van der Waals surface area contributed by atoms with Crippen molar-refractivity contribution in [1.82, 2.24) is 5.32 Å². The fourth-order valence-electron chi connectivity index (χ4n) is 2.27. The summed E-state index contributed by atoms with van der Waals surface area (Å²) in [4.78, 5) is 0. The molecule has 0 bridgehead atoms. The highest BCUT2D eigenvalue weighted by molar-refractivity contribution is 5.71. The SMILES string of the molecule is CNCc1ccccc1-c1ccc(C(F)(F)F)cc1C. The van der Waals surface area contributed by atoms with E-state index in [1.165, 1.54) is 6.07 Å². The molecule has 0 saturated heterocycles. The van der Waals surface area contributed by atoms with Gasteiger partial charge in [-0.15, -0.1) is 0 Å². The maximum atomic E-state index is 12.7. The highest BCUT2D eigenvalue weighted by atomic mass is 19.4. The van der Waals surface area contributed by atoms with Crippen molar-refractivity contribution < 1.29 is 13.2 Å². The predicted molar refractivity (Wildman–Crippen MR) is 74.4 cm³/mol. The number of halogens is 3. The maximum Gasteiger partial charge on any atom is 0.416 e. The zero-order valence-corrected chi connectivity index (χ0v) is 11.4. The Bertz CT molecular complexity index is 603. The van der Waals surface area contributed by atoms with E-state index in [1.54, 1.807) is 13.0 Å². The zero-order chi connectivity index (χ0) is 14.8. The number of hydrogen-bond donors (Lipinski definition) is 1. The van der Waals surface area contributed by atoms with Crippen molar-refractivity contribution >= 4 is 0 Å². The van der Waals surface area contributed by atoms with Crippen LogP contribution < -0.4 is 5.32 Å². The van der Waals surface area contributed by atoms with E-state index < -0.39 is 11.7 Å². The largest absolute Gasteiger partial charge is 0.416 e. The lowest BCUT2D eigenvalue weighted by Gasteiger charge is -2.14. The van der Waals surface area contributed by atoms with Gasteiger partial charge in [0.05, 0.1) is 5.56 Å². The second-order valence-corrected chi connectivity index (χ2v) is 4.71. The van der Waals surface area contributed by atoms with Crippen LogP contribution in [0.25, 0.3) is 11.1 Å². The van der Waals surface area contributed by atoms with Gasteiger partial charge in [-0.1, -0.05) is 30.3 Å². The molecule has 1 N–H and O–H groups in total. The van der Waals surface area contributed by atoms with E-state index in [0.717, 1.165) is 22.8 Å². The minimum atomic E-state index is -4.30. The summed E-state index contributed by atoms with van der Waals surface area (Å²) >= 11 is 0. The Labute approximate surface area is 116 Å². The summed E-state index contributed by atoms with van der Waals surface area (Å²) in [5, 5.41) is 3.07. The van der Waals surface area contributed by atoms with Crippen molar-refractivity contribution in [2.45, 2.75) is 19.6 Å². The number of rotatable bonds is 3. The molecule has 0 aliphatic heterocycles. The van der Waals surface area contributed by atoms with Crippen molar-refractivity contribution in [3.63, 3.8) is 0 Å². The maximum absolute atomic E-state index is 12.7. The van der Waals surface area contributed by atoms with Gasteiger partial charge in [-0.25, -0.2) is 0 Å². The van der Waals surface area contributed by atoms with Crippen LogP contribution in [0.5, 0.6) is 0 Å². The lowest BCUT2D eigenvalue weighted by molar-refractivity contribution is -0.137. The van der Waals surface area contributed by atoms with Gasteiger partial charge in [0.15, 0.2) is 0 Å². The second kappa shape index (κ2) is 5.67. The number of aryl methyl sites for hydroxylation is 1. The monoisotopic (exact) mass is 279 g/mol. The third kappa shape index (κ3) is 3.02. The van der Waals surface area contributed by atoms with Gasteiger partial charge >= 0.3 is 6.18 Å². The topological polar surface area (TPSA) is 12.0 Å². The Hall–Kier alpha value is -1.81. The molecule has 0 aliphatic rings. The molecule has 20 heavy (non-hydrogen) atoms. The molecular formula is C16H16F3N. The molecule has 2 rings (SSSR count). The third-order valence-electron chi connectivity index (χ3n) is 3.23. The molecule has 0 saturated carbocycles. The van der Waals surface area contributed by atoms with Crippen LogP contribution in [0.3, 0.4) is 0 Å². The first-order valence-corrected chi connectivity index (χ1v) is 6.34. The van der Waals surface area contributed by atoms with E-state index in [0.29, 0.717) is 12.1 Å². The molecule has 0 radical (unpaired) electrons. The standard InChI is InChI=1S/C16H16F3N/c1-11-9-13(16(17,18)19)7-8-14(11)15-6-4-3-5-12(15)10-20-2/h3-9,20H,10H2,1-2H3. The van der Waals surface area contributed by atoms with Crippen molar-refractivity contribution in [1.29, 1.82) is 0 Å². The van der Waals surface area contributed by atoms with E-state index >= 15 is 0 Å².